The average molecular weight is 271 g/mol. The number of aryl methyl sites for hydroxylation is 1. The number of carbonyl (C=O) groups excluding carboxylic acids is 1. The number of hydrogen-bond donors (Lipinski definition) is 0. The lowest BCUT2D eigenvalue weighted by Gasteiger charge is -2.19. The van der Waals surface area contributed by atoms with Gasteiger partial charge in [0.25, 0.3) is 0 Å². The first-order valence-electron chi connectivity index (χ1n) is 4.72. The Hall–Kier alpha value is -1.03. The number of Topliss-reactive ketones (excluding diaryl/α,β-unsaturated/α-hetero) is 1. The number of carbonyl (C=O) groups is 1. The standard InChI is InChI=1S/C11H11BrO3/c1-7-4-10-11(15-3-2-14-10)5-8(7)9(13)6-12/h4-5H,2-3,6H2,1H3. The Morgan fingerprint density at radius 1 is 1.33 bits per heavy atom. The third-order valence-corrected chi connectivity index (χ3v) is 2.82. The van der Waals surface area contributed by atoms with Crippen molar-refractivity contribution in [2.75, 3.05) is 18.5 Å². The summed E-state index contributed by atoms with van der Waals surface area (Å²) < 4.78 is 10.8. The van der Waals surface area contributed by atoms with Crippen LogP contribution in [-0.4, -0.2) is 24.3 Å². The van der Waals surface area contributed by atoms with E-state index >= 15 is 0 Å². The Morgan fingerprint density at radius 2 is 1.93 bits per heavy atom. The van der Waals surface area contributed by atoms with E-state index in [-0.39, 0.29) is 5.78 Å². The molecule has 1 aromatic rings. The Labute approximate surface area is 96.5 Å². The highest BCUT2D eigenvalue weighted by molar-refractivity contribution is 9.09. The van der Waals surface area contributed by atoms with Gasteiger partial charge in [0.15, 0.2) is 17.3 Å². The molecule has 0 radical (unpaired) electrons. The van der Waals surface area contributed by atoms with Crippen molar-refractivity contribution in [2.24, 2.45) is 0 Å². The van der Waals surface area contributed by atoms with E-state index in [0.29, 0.717) is 29.9 Å². The lowest BCUT2D eigenvalue weighted by Crippen LogP contribution is -2.16. The zero-order valence-electron chi connectivity index (χ0n) is 8.38. The second-order valence-corrected chi connectivity index (χ2v) is 3.93. The molecule has 3 nitrogen and oxygen atoms in total. The summed E-state index contributed by atoms with van der Waals surface area (Å²) in [5, 5.41) is 0.327. The number of ether oxygens (including phenoxy) is 2. The molecule has 80 valence electrons. The topological polar surface area (TPSA) is 35.5 Å². The number of benzene rings is 1. The lowest BCUT2D eigenvalue weighted by molar-refractivity contribution is 0.102. The molecule has 0 atom stereocenters. The lowest BCUT2D eigenvalue weighted by atomic mass is 10.0. The van der Waals surface area contributed by atoms with E-state index in [4.69, 9.17) is 9.47 Å². The fraction of sp³-hybridized carbons (Fsp3) is 0.364. The molecule has 1 aliphatic heterocycles. The fourth-order valence-electron chi connectivity index (χ4n) is 1.56. The summed E-state index contributed by atoms with van der Waals surface area (Å²) in [6.07, 6.45) is 0. The zero-order valence-corrected chi connectivity index (χ0v) is 9.96. The molecule has 2 rings (SSSR count). The molecule has 1 heterocycles. The van der Waals surface area contributed by atoms with Gasteiger partial charge in [-0.15, -0.1) is 0 Å². The predicted octanol–water partition coefficient (Wildman–Crippen LogP) is 2.34. The summed E-state index contributed by atoms with van der Waals surface area (Å²) in [6.45, 7) is 3.00. The summed E-state index contributed by atoms with van der Waals surface area (Å²) in [5.41, 5.74) is 1.61. The molecular weight excluding hydrogens is 260 g/mol. The molecule has 15 heavy (non-hydrogen) atoms. The zero-order chi connectivity index (χ0) is 10.8. The SMILES string of the molecule is Cc1cc2c(cc1C(=O)CBr)OCCO2. The minimum atomic E-state index is 0.0597. The van der Waals surface area contributed by atoms with Crippen LogP contribution in [-0.2, 0) is 0 Å². The molecule has 0 fully saturated rings. The molecule has 0 bridgehead atoms. The van der Waals surface area contributed by atoms with E-state index in [2.05, 4.69) is 15.9 Å². The number of halogens is 1. The Morgan fingerprint density at radius 3 is 2.53 bits per heavy atom. The summed E-state index contributed by atoms with van der Waals surface area (Å²) in [7, 11) is 0. The summed E-state index contributed by atoms with van der Waals surface area (Å²) in [4.78, 5) is 11.6. The number of rotatable bonds is 2. The normalized spacial score (nSPS) is 13.7. The van der Waals surface area contributed by atoms with Crippen LogP contribution >= 0.6 is 15.9 Å². The van der Waals surface area contributed by atoms with Gasteiger partial charge in [0, 0.05) is 5.56 Å². The summed E-state index contributed by atoms with van der Waals surface area (Å²) in [5.74, 6) is 1.45. The van der Waals surface area contributed by atoms with Crippen molar-refractivity contribution in [2.45, 2.75) is 6.92 Å². The largest absolute Gasteiger partial charge is 0.486 e. The molecule has 4 heteroatoms. The summed E-state index contributed by atoms with van der Waals surface area (Å²) in [6, 6.07) is 3.61. The molecule has 0 unspecified atom stereocenters. The maximum Gasteiger partial charge on any atom is 0.173 e. The van der Waals surface area contributed by atoms with Gasteiger partial charge in [-0.2, -0.15) is 0 Å². The van der Waals surface area contributed by atoms with Crippen LogP contribution in [0, 0.1) is 6.92 Å². The van der Waals surface area contributed by atoms with Crippen LogP contribution in [0.4, 0.5) is 0 Å². The maximum absolute atomic E-state index is 11.6. The van der Waals surface area contributed by atoms with Gasteiger partial charge >= 0.3 is 0 Å². The first-order chi connectivity index (χ1) is 7.22. The third kappa shape index (κ3) is 2.00. The van der Waals surface area contributed by atoms with Gasteiger partial charge in [-0.1, -0.05) is 15.9 Å². The molecule has 0 N–H and O–H groups in total. The smallest absolute Gasteiger partial charge is 0.173 e. The molecule has 0 amide bonds. The van der Waals surface area contributed by atoms with Crippen LogP contribution < -0.4 is 9.47 Å². The minimum absolute atomic E-state index is 0.0597. The monoisotopic (exact) mass is 270 g/mol. The molecular formula is C11H11BrO3. The van der Waals surface area contributed by atoms with Gasteiger partial charge in [0.1, 0.15) is 13.2 Å². The van der Waals surface area contributed by atoms with Crippen LogP contribution in [0.1, 0.15) is 15.9 Å². The van der Waals surface area contributed by atoms with Crippen LogP contribution in [0.5, 0.6) is 11.5 Å². The third-order valence-electron chi connectivity index (χ3n) is 2.31. The van der Waals surface area contributed by atoms with Gasteiger partial charge in [0.05, 0.1) is 5.33 Å². The molecule has 0 saturated heterocycles. The predicted molar refractivity (Wildman–Crippen MR) is 60.3 cm³/mol. The van der Waals surface area contributed by atoms with Crippen molar-refractivity contribution in [1.82, 2.24) is 0 Å². The molecule has 0 spiro atoms. The highest BCUT2D eigenvalue weighted by Gasteiger charge is 2.16. The molecule has 0 aromatic heterocycles. The van der Waals surface area contributed by atoms with E-state index < -0.39 is 0 Å². The van der Waals surface area contributed by atoms with Gasteiger partial charge in [0.2, 0.25) is 0 Å². The van der Waals surface area contributed by atoms with E-state index in [1.807, 2.05) is 13.0 Å². The highest BCUT2D eigenvalue weighted by atomic mass is 79.9. The van der Waals surface area contributed by atoms with Crippen LogP contribution in [0.25, 0.3) is 0 Å². The molecule has 0 saturated carbocycles. The molecule has 1 aromatic carbocycles. The van der Waals surface area contributed by atoms with Crippen molar-refractivity contribution in [3.8, 4) is 11.5 Å². The maximum atomic E-state index is 11.6. The quantitative estimate of drug-likeness (QED) is 0.611. The van der Waals surface area contributed by atoms with Crippen molar-refractivity contribution in [3.05, 3.63) is 23.3 Å². The van der Waals surface area contributed by atoms with E-state index in [1.54, 1.807) is 6.07 Å². The van der Waals surface area contributed by atoms with Crippen molar-refractivity contribution >= 4 is 21.7 Å². The number of ketones is 1. The Kier molecular flexibility index (Phi) is 2.95. The van der Waals surface area contributed by atoms with E-state index in [9.17, 15) is 4.79 Å². The van der Waals surface area contributed by atoms with Gasteiger partial charge in [-0.05, 0) is 24.6 Å². The highest BCUT2D eigenvalue weighted by Crippen LogP contribution is 2.33. The number of alkyl halides is 1. The van der Waals surface area contributed by atoms with E-state index in [0.717, 1.165) is 11.3 Å². The second kappa shape index (κ2) is 4.23. The Balaban J connectivity index is 2.44. The first-order valence-corrected chi connectivity index (χ1v) is 5.84. The second-order valence-electron chi connectivity index (χ2n) is 3.37. The number of hydrogen-bond acceptors (Lipinski definition) is 3. The fourth-order valence-corrected chi connectivity index (χ4v) is 1.86. The van der Waals surface area contributed by atoms with Crippen LogP contribution in [0.2, 0.25) is 0 Å². The van der Waals surface area contributed by atoms with Crippen LogP contribution in [0.3, 0.4) is 0 Å². The molecule has 1 aliphatic rings. The number of fused-ring (bicyclic) bond motifs is 1. The summed E-state index contributed by atoms with van der Waals surface area (Å²) >= 11 is 3.16. The Bertz CT molecular complexity index is 401. The van der Waals surface area contributed by atoms with Crippen LogP contribution in [0.15, 0.2) is 12.1 Å². The van der Waals surface area contributed by atoms with Crippen molar-refractivity contribution in [3.63, 3.8) is 0 Å². The first kappa shape index (κ1) is 10.5. The average Bonchev–Trinajstić information content (AvgIpc) is 2.27. The van der Waals surface area contributed by atoms with Crippen molar-refractivity contribution < 1.29 is 14.3 Å². The van der Waals surface area contributed by atoms with E-state index in [1.165, 1.54) is 0 Å². The molecule has 0 aliphatic carbocycles. The van der Waals surface area contributed by atoms with Gasteiger partial charge in [-0.25, -0.2) is 0 Å². The minimum Gasteiger partial charge on any atom is -0.486 e. The van der Waals surface area contributed by atoms with Gasteiger partial charge < -0.3 is 9.47 Å². The van der Waals surface area contributed by atoms with Gasteiger partial charge in [-0.3, -0.25) is 4.79 Å². The van der Waals surface area contributed by atoms with Crippen molar-refractivity contribution in [1.29, 1.82) is 0 Å².